The van der Waals surface area contributed by atoms with Crippen LogP contribution in [0.2, 0.25) is 0 Å². The van der Waals surface area contributed by atoms with Crippen molar-refractivity contribution in [3.63, 3.8) is 0 Å². The third kappa shape index (κ3) is 3.80. The van der Waals surface area contributed by atoms with Crippen LogP contribution in [0.15, 0.2) is 30.5 Å². The maximum absolute atomic E-state index is 11.8. The summed E-state index contributed by atoms with van der Waals surface area (Å²) in [6.45, 7) is 8.42. The molecule has 0 spiro atoms. The standard InChI is InChI=1S/C17H25N3O2/c1-16(2,3)22-15(21)20-11-17(4,10-18)13-5-6-14-12(9-13)7-8-19-14/h5-9,19H,10-11,18H2,1-4H3,(H,20,21). The number of benzene rings is 1. The van der Waals surface area contributed by atoms with E-state index in [1.165, 1.54) is 0 Å². The fourth-order valence-electron chi connectivity index (χ4n) is 2.30. The Bertz CT molecular complexity index is 657. The van der Waals surface area contributed by atoms with E-state index in [0.29, 0.717) is 13.1 Å². The quantitative estimate of drug-likeness (QED) is 0.812. The summed E-state index contributed by atoms with van der Waals surface area (Å²) < 4.78 is 5.28. The lowest BCUT2D eigenvalue weighted by Gasteiger charge is -2.30. The Morgan fingerprint density at radius 2 is 2.00 bits per heavy atom. The number of carbonyl (C=O) groups excluding carboxylic acids is 1. The van der Waals surface area contributed by atoms with Crippen molar-refractivity contribution in [2.45, 2.75) is 38.7 Å². The number of amides is 1. The highest BCUT2D eigenvalue weighted by Gasteiger charge is 2.27. The molecular formula is C17H25N3O2. The van der Waals surface area contributed by atoms with Crippen molar-refractivity contribution in [1.82, 2.24) is 10.3 Å². The van der Waals surface area contributed by atoms with Gasteiger partial charge < -0.3 is 20.8 Å². The zero-order valence-corrected chi connectivity index (χ0v) is 13.7. The maximum Gasteiger partial charge on any atom is 0.407 e. The van der Waals surface area contributed by atoms with Gasteiger partial charge in [0.05, 0.1) is 0 Å². The molecule has 1 amide bonds. The van der Waals surface area contributed by atoms with Crippen molar-refractivity contribution in [3.8, 4) is 0 Å². The lowest BCUT2D eigenvalue weighted by atomic mass is 9.82. The molecule has 5 nitrogen and oxygen atoms in total. The van der Waals surface area contributed by atoms with Gasteiger partial charge in [-0.2, -0.15) is 0 Å². The smallest absolute Gasteiger partial charge is 0.407 e. The molecule has 22 heavy (non-hydrogen) atoms. The van der Waals surface area contributed by atoms with Gasteiger partial charge in [0.25, 0.3) is 0 Å². The van der Waals surface area contributed by atoms with Crippen molar-refractivity contribution in [1.29, 1.82) is 0 Å². The number of hydrogen-bond acceptors (Lipinski definition) is 3. The predicted octanol–water partition coefficient (Wildman–Crippen LogP) is 2.91. The first-order valence-corrected chi connectivity index (χ1v) is 7.48. The van der Waals surface area contributed by atoms with Gasteiger partial charge in [-0.3, -0.25) is 0 Å². The van der Waals surface area contributed by atoms with Crippen LogP contribution < -0.4 is 11.1 Å². The van der Waals surface area contributed by atoms with Crippen LogP contribution >= 0.6 is 0 Å². The van der Waals surface area contributed by atoms with E-state index in [2.05, 4.69) is 16.4 Å². The van der Waals surface area contributed by atoms with Crippen LogP contribution in [0.1, 0.15) is 33.3 Å². The first-order valence-electron chi connectivity index (χ1n) is 7.48. The fraction of sp³-hybridized carbons (Fsp3) is 0.471. The number of nitrogens with two attached hydrogens (primary N) is 1. The fourth-order valence-corrected chi connectivity index (χ4v) is 2.30. The Kier molecular flexibility index (Phi) is 4.47. The topological polar surface area (TPSA) is 80.1 Å². The first-order chi connectivity index (χ1) is 10.2. The van der Waals surface area contributed by atoms with Gasteiger partial charge in [-0.25, -0.2) is 4.79 Å². The summed E-state index contributed by atoms with van der Waals surface area (Å²) in [5.41, 5.74) is 7.30. The molecule has 0 fully saturated rings. The van der Waals surface area contributed by atoms with E-state index in [9.17, 15) is 4.79 Å². The summed E-state index contributed by atoms with van der Waals surface area (Å²) in [6.07, 6.45) is 1.49. The second-order valence-corrected chi connectivity index (χ2v) is 6.90. The normalized spacial score (nSPS) is 14.6. The minimum Gasteiger partial charge on any atom is -0.444 e. The predicted molar refractivity (Wildman–Crippen MR) is 88.9 cm³/mol. The molecule has 1 unspecified atom stereocenters. The van der Waals surface area contributed by atoms with E-state index < -0.39 is 11.7 Å². The highest BCUT2D eigenvalue weighted by atomic mass is 16.6. The van der Waals surface area contributed by atoms with Gasteiger partial charge in [-0.05, 0) is 49.9 Å². The largest absolute Gasteiger partial charge is 0.444 e. The summed E-state index contributed by atoms with van der Waals surface area (Å²) in [6, 6.07) is 8.21. The summed E-state index contributed by atoms with van der Waals surface area (Å²) >= 11 is 0. The molecule has 4 N–H and O–H groups in total. The molecule has 2 rings (SSSR count). The number of H-pyrrole nitrogens is 1. The Balaban J connectivity index is 2.12. The van der Waals surface area contributed by atoms with Crippen molar-refractivity contribution < 1.29 is 9.53 Å². The molecule has 0 aliphatic carbocycles. The second-order valence-electron chi connectivity index (χ2n) is 6.90. The van der Waals surface area contributed by atoms with Gasteiger partial charge in [0.15, 0.2) is 0 Å². The first kappa shape index (κ1) is 16.4. The number of nitrogens with one attached hydrogen (secondary N) is 2. The van der Waals surface area contributed by atoms with Crippen LogP contribution in [0, 0.1) is 0 Å². The number of fused-ring (bicyclic) bond motifs is 1. The number of hydrogen-bond donors (Lipinski definition) is 3. The number of aromatic nitrogens is 1. The van der Waals surface area contributed by atoms with Crippen LogP contribution in [-0.4, -0.2) is 29.8 Å². The number of rotatable bonds is 4. The minimum atomic E-state index is -0.507. The zero-order chi connectivity index (χ0) is 16.4. The molecule has 0 aliphatic rings. The van der Waals surface area contributed by atoms with Crippen molar-refractivity contribution in [2.24, 2.45) is 5.73 Å². The molecule has 0 bridgehead atoms. The molecule has 2 aromatic rings. The minimum absolute atomic E-state index is 0.345. The number of ether oxygens (including phenoxy) is 1. The van der Waals surface area contributed by atoms with Crippen LogP contribution in [0.4, 0.5) is 4.79 Å². The van der Waals surface area contributed by atoms with Crippen molar-refractivity contribution in [2.75, 3.05) is 13.1 Å². The summed E-state index contributed by atoms with van der Waals surface area (Å²) in [5, 5.41) is 3.96. The van der Waals surface area contributed by atoms with Crippen LogP contribution in [0.25, 0.3) is 10.9 Å². The molecule has 120 valence electrons. The third-order valence-corrected chi connectivity index (χ3v) is 3.72. The highest BCUT2D eigenvalue weighted by molar-refractivity contribution is 5.80. The number of alkyl carbamates (subject to hydrolysis) is 1. The SMILES string of the molecule is CC(C)(C)OC(=O)NCC(C)(CN)c1ccc2[nH]ccc2c1. The molecule has 5 heteroatoms. The number of carbonyl (C=O) groups is 1. The van der Waals surface area contributed by atoms with E-state index in [4.69, 9.17) is 10.5 Å². The Morgan fingerprint density at radius 1 is 1.27 bits per heavy atom. The molecule has 1 atom stereocenters. The van der Waals surface area contributed by atoms with Crippen LogP contribution in [-0.2, 0) is 10.2 Å². The summed E-state index contributed by atoms with van der Waals surface area (Å²) in [7, 11) is 0. The molecule has 1 aromatic carbocycles. The summed E-state index contributed by atoms with van der Waals surface area (Å²) in [5.74, 6) is 0. The van der Waals surface area contributed by atoms with Crippen molar-refractivity contribution >= 4 is 17.0 Å². The van der Waals surface area contributed by atoms with Gasteiger partial charge in [0, 0.05) is 30.2 Å². The van der Waals surface area contributed by atoms with E-state index in [1.54, 1.807) is 0 Å². The molecule has 0 aliphatic heterocycles. The van der Waals surface area contributed by atoms with Crippen LogP contribution in [0.3, 0.4) is 0 Å². The Morgan fingerprint density at radius 3 is 2.64 bits per heavy atom. The van der Waals surface area contributed by atoms with Crippen LogP contribution in [0.5, 0.6) is 0 Å². The van der Waals surface area contributed by atoms with Gasteiger partial charge in [0.2, 0.25) is 0 Å². The maximum atomic E-state index is 11.8. The zero-order valence-electron chi connectivity index (χ0n) is 13.7. The van der Waals surface area contributed by atoms with Gasteiger partial charge in [-0.1, -0.05) is 13.0 Å². The lowest BCUT2D eigenvalue weighted by molar-refractivity contribution is 0.0516. The summed E-state index contributed by atoms with van der Waals surface area (Å²) in [4.78, 5) is 15.0. The monoisotopic (exact) mass is 303 g/mol. The molecule has 1 heterocycles. The second kappa shape index (κ2) is 6.01. The average molecular weight is 303 g/mol. The Hall–Kier alpha value is -2.01. The average Bonchev–Trinajstić information content (AvgIpc) is 2.90. The third-order valence-electron chi connectivity index (χ3n) is 3.72. The van der Waals surface area contributed by atoms with E-state index >= 15 is 0 Å². The lowest BCUT2D eigenvalue weighted by Crippen LogP contribution is -2.45. The van der Waals surface area contributed by atoms with Gasteiger partial charge in [0.1, 0.15) is 5.60 Å². The van der Waals surface area contributed by atoms with Gasteiger partial charge in [-0.15, -0.1) is 0 Å². The van der Waals surface area contributed by atoms with E-state index in [-0.39, 0.29) is 5.41 Å². The highest BCUT2D eigenvalue weighted by Crippen LogP contribution is 2.25. The van der Waals surface area contributed by atoms with E-state index in [1.807, 2.05) is 52.1 Å². The number of aromatic amines is 1. The molecule has 1 aromatic heterocycles. The molecule has 0 radical (unpaired) electrons. The van der Waals surface area contributed by atoms with Crippen molar-refractivity contribution in [3.05, 3.63) is 36.0 Å². The molecule has 0 saturated heterocycles. The van der Waals surface area contributed by atoms with E-state index in [0.717, 1.165) is 16.5 Å². The Labute approximate surface area is 131 Å². The van der Waals surface area contributed by atoms with Gasteiger partial charge >= 0.3 is 6.09 Å². The molecular weight excluding hydrogens is 278 g/mol. The molecule has 0 saturated carbocycles.